The maximum Gasteiger partial charge on any atom is 0.281 e. The van der Waals surface area contributed by atoms with Gasteiger partial charge in [0.1, 0.15) is 0 Å². The van der Waals surface area contributed by atoms with E-state index in [0.29, 0.717) is 11.4 Å². The van der Waals surface area contributed by atoms with Crippen LogP contribution >= 0.6 is 11.6 Å². The topological polar surface area (TPSA) is 70.0 Å². The second kappa shape index (κ2) is 8.93. The van der Waals surface area contributed by atoms with Gasteiger partial charge in [0.05, 0.1) is 17.0 Å². The molecule has 1 saturated carbocycles. The number of nitrogens with zero attached hydrogens (tertiary/aromatic N) is 2. The fourth-order valence-corrected chi connectivity index (χ4v) is 5.98. The van der Waals surface area contributed by atoms with Crippen molar-refractivity contribution in [3.63, 3.8) is 0 Å². The summed E-state index contributed by atoms with van der Waals surface area (Å²) in [6.45, 7) is 0. The van der Waals surface area contributed by atoms with E-state index in [1.54, 1.807) is 0 Å². The third-order valence-electron chi connectivity index (χ3n) is 6.63. The number of aliphatic hydroxyl groups is 1. The smallest absolute Gasteiger partial charge is 0.281 e. The first kappa shape index (κ1) is 22.1. The summed E-state index contributed by atoms with van der Waals surface area (Å²) in [4.78, 5) is 2.34. The predicted molar refractivity (Wildman–Crippen MR) is 132 cm³/mol. The van der Waals surface area contributed by atoms with Crippen molar-refractivity contribution in [3.05, 3.63) is 88.9 Å². The van der Waals surface area contributed by atoms with Crippen LogP contribution in [0.5, 0.6) is 0 Å². The lowest BCUT2D eigenvalue weighted by Crippen LogP contribution is -2.40. The highest BCUT2D eigenvalue weighted by molar-refractivity contribution is 7.90. The van der Waals surface area contributed by atoms with Crippen LogP contribution in [0.1, 0.15) is 24.0 Å². The molecule has 1 N–H and O–H groups in total. The molecule has 170 valence electrons. The van der Waals surface area contributed by atoms with E-state index in [1.807, 2.05) is 12.1 Å². The molecular weight excluding hydrogens is 456 g/mol. The number of hydrogen-bond donors (Lipinski definition) is 1. The van der Waals surface area contributed by atoms with Crippen molar-refractivity contribution in [2.75, 3.05) is 4.90 Å². The van der Waals surface area contributed by atoms with Gasteiger partial charge in [-0.05, 0) is 73.2 Å². The number of hydrogen-bond acceptors (Lipinski definition) is 4. The fraction of sp³-hybridized carbons (Fsp3) is 0.269. The molecule has 0 amide bonds. The average molecular weight is 481 g/mol. The van der Waals surface area contributed by atoms with E-state index >= 15 is 0 Å². The van der Waals surface area contributed by atoms with Crippen molar-refractivity contribution in [1.82, 2.24) is 0 Å². The van der Waals surface area contributed by atoms with Crippen LogP contribution in [0.25, 0.3) is 0 Å². The second-order valence-corrected chi connectivity index (χ2v) is 10.7. The largest absolute Gasteiger partial charge is 0.390 e. The lowest BCUT2D eigenvalue weighted by atomic mass is 10.0. The zero-order valence-corrected chi connectivity index (χ0v) is 19.6. The van der Waals surface area contributed by atoms with Gasteiger partial charge in [-0.25, -0.2) is 0 Å². The Morgan fingerprint density at radius 2 is 1.45 bits per heavy atom. The molecule has 0 spiro atoms. The molecule has 1 fully saturated rings. The normalized spacial score (nSPS) is 22.7. The molecule has 2 aliphatic rings. The molecule has 0 bridgehead atoms. The van der Waals surface area contributed by atoms with Crippen molar-refractivity contribution in [1.29, 1.82) is 0 Å². The number of anilines is 2. The number of para-hydroxylation sites is 2. The van der Waals surface area contributed by atoms with Crippen LogP contribution in [0, 0.1) is 5.92 Å². The van der Waals surface area contributed by atoms with E-state index in [-0.39, 0.29) is 16.9 Å². The summed E-state index contributed by atoms with van der Waals surface area (Å²) in [5, 5.41) is 11.8. The molecule has 3 atom stereocenters. The fourth-order valence-electron chi connectivity index (χ4n) is 4.93. The molecule has 1 heterocycles. The average Bonchev–Trinajstić information content (AvgIpc) is 3.09. The minimum absolute atomic E-state index is 0.0857. The lowest BCUT2D eigenvalue weighted by molar-refractivity contribution is 0.145. The molecule has 2 unspecified atom stereocenters. The number of sulfonamides is 1. The molecule has 5 nitrogen and oxygen atoms in total. The Labute approximate surface area is 199 Å². The number of rotatable bonds is 4. The van der Waals surface area contributed by atoms with Gasteiger partial charge in [0.15, 0.2) is 0 Å². The summed E-state index contributed by atoms with van der Waals surface area (Å²) in [6.07, 6.45) is 3.94. The second-order valence-electron chi connectivity index (χ2n) is 8.61. The van der Waals surface area contributed by atoms with Gasteiger partial charge in [-0.3, -0.25) is 0 Å². The summed E-state index contributed by atoms with van der Waals surface area (Å²) >= 11 is 5.86. The SMILES string of the molecule is O=S(=O)(N=CC1CCC(N2c3ccccc3CCc3ccccc32)[C@H]1O)c1ccc(Cl)cc1. The molecule has 0 radical (unpaired) electrons. The Kier molecular flexibility index (Phi) is 5.99. The van der Waals surface area contributed by atoms with Gasteiger partial charge in [0.25, 0.3) is 10.0 Å². The first-order chi connectivity index (χ1) is 15.9. The molecule has 33 heavy (non-hydrogen) atoms. The molecule has 1 aliphatic heterocycles. The Morgan fingerprint density at radius 1 is 0.879 bits per heavy atom. The van der Waals surface area contributed by atoms with Crippen LogP contribution in [0.3, 0.4) is 0 Å². The molecule has 7 heteroatoms. The highest BCUT2D eigenvalue weighted by Gasteiger charge is 2.40. The Bertz CT molecular complexity index is 1240. The number of fused-ring (bicyclic) bond motifs is 2. The van der Waals surface area contributed by atoms with Crippen molar-refractivity contribution < 1.29 is 13.5 Å². The van der Waals surface area contributed by atoms with Crippen molar-refractivity contribution in [2.24, 2.45) is 10.3 Å². The van der Waals surface area contributed by atoms with Crippen LogP contribution in [0.4, 0.5) is 11.4 Å². The monoisotopic (exact) mass is 480 g/mol. The highest BCUT2D eigenvalue weighted by atomic mass is 35.5. The molecule has 5 rings (SSSR count). The van der Waals surface area contributed by atoms with Gasteiger partial charge >= 0.3 is 0 Å². The summed E-state index contributed by atoms with van der Waals surface area (Å²) in [5.74, 6) is -0.348. The Morgan fingerprint density at radius 3 is 2.06 bits per heavy atom. The van der Waals surface area contributed by atoms with E-state index in [0.717, 1.165) is 30.6 Å². The summed E-state index contributed by atoms with van der Waals surface area (Å²) in [5.41, 5.74) is 4.72. The van der Waals surface area contributed by atoms with E-state index in [9.17, 15) is 13.5 Å². The Hall–Kier alpha value is -2.67. The van der Waals surface area contributed by atoms with Crippen LogP contribution in [-0.4, -0.2) is 31.9 Å². The van der Waals surface area contributed by atoms with Gasteiger partial charge in [-0.1, -0.05) is 48.0 Å². The minimum Gasteiger partial charge on any atom is -0.390 e. The summed E-state index contributed by atoms with van der Waals surface area (Å²) in [6, 6.07) is 22.4. The standard InChI is InChI=1S/C26H25ClN2O3S/c27-21-12-14-22(15-13-21)33(31,32)28-17-20-11-16-25(26(20)30)29-23-7-3-1-5-18(23)9-10-19-6-2-4-8-24(19)29/h1-8,12-15,17,20,25-26,30H,9-11,16H2/t20?,25?,26-/m0/s1. The van der Waals surface area contributed by atoms with E-state index < -0.39 is 16.1 Å². The third kappa shape index (κ3) is 4.31. The molecule has 3 aromatic rings. The van der Waals surface area contributed by atoms with E-state index in [4.69, 9.17) is 11.6 Å². The molecular formula is C26H25ClN2O3S. The van der Waals surface area contributed by atoms with Crippen molar-refractivity contribution in [2.45, 2.75) is 42.7 Å². The Balaban J connectivity index is 1.44. The third-order valence-corrected chi connectivity index (χ3v) is 8.15. The molecule has 0 aromatic heterocycles. The number of aliphatic hydroxyl groups excluding tert-OH is 1. The van der Waals surface area contributed by atoms with Crippen LogP contribution in [0.15, 0.2) is 82.1 Å². The lowest BCUT2D eigenvalue weighted by Gasteiger charge is -2.35. The van der Waals surface area contributed by atoms with Gasteiger partial charge in [0.2, 0.25) is 0 Å². The predicted octanol–water partition coefficient (Wildman–Crippen LogP) is 5.18. The van der Waals surface area contributed by atoms with E-state index in [1.165, 1.54) is 41.6 Å². The first-order valence-corrected chi connectivity index (χ1v) is 12.9. The van der Waals surface area contributed by atoms with Crippen LogP contribution in [-0.2, 0) is 22.9 Å². The van der Waals surface area contributed by atoms with Gasteiger partial charge in [0, 0.05) is 28.5 Å². The number of aryl methyl sites for hydroxylation is 2. The number of benzene rings is 3. The minimum atomic E-state index is -3.85. The van der Waals surface area contributed by atoms with Crippen LogP contribution < -0.4 is 4.90 Å². The van der Waals surface area contributed by atoms with Gasteiger partial charge in [-0.2, -0.15) is 12.8 Å². The van der Waals surface area contributed by atoms with Crippen molar-refractivity contribution >= 4 is 39.2 Å². The molecule has 1 aliphatic carbocycles. The zero-order chi connectivity index (χ0) is 23.0. The van der Waals surface area contributed by atoms with Crippen molar-refractivity contribution in [3.8, 4) is 0 Å². The van der Waals surface area contributed by atoms with Gasteiger partial charge < -0.3 is 10.0 Å². The first-order valence-electron chi connectivity index (χ1n) is 11.1. The van der Waals surface area contributed by atoms with Crippen LogP contribution in [0.2, 0.25) is 5.02 Å². The number of halogens is 1. The highest BCUT2D eigenvalue weighted by Crippen LogP contribution is 2.42. The summed E-state index contributed by atoms with van der Waals surface area (Å²) in [7, 11) is -3.85. The summed E-state index contributed by atoms with van der Waals surface area (Å²) < 4.78 is 29.2. The maximum atomic E-state index is 12.6. The molecule has 3 aromatic carbocycles. The quantitative estimate of drug-likeness (QED) is 0.522. The molecule has 0 saturated heterocycles. The van der Waals surface area contributed by atoms with Gasteiger partial charge in [-0.15, -0.1) is 0 Å². The maximum absolute atomic E-state index is 12.6. The van der Waals surface area contributed by atoms with E-state index in [2.05, 4.69) is 45.7 Å². The zero-order valence-electron chi connectivity index (χ0n) is 18.0.